The fraction of sp³-hybridized carbons (Fsp3) is 0.400. The topological polar surface area (TPSA) is 42.4 Å². The van der Waals surface area contributed by atoms with Crippen LogP contribution in [-0.2, 0) is 27.2 Å². The molecular weight excluding hydrogens is 300 g/mol. The Kier molecular flexibility index (Phi) is 2.89. The van der Waals surface area contributed by atoms with Crippen LogP contribution in [-0.4, -0.2) is 28.9 Å². The predicted octanol–water partition coefficient (Wildman–Crippen LogP) is 2.77. The van der Waals surface area contributed by atoms with Gasteiger partial charge in [-0.05, 0) is 42.0 Å². The number of ether oxygens (including phenoxy) is 1. The van der Waals surface area contributed by atoms with Gasteiger partial charge in [-0.2, -0.15) is 0 Å². The Labute approximate surface area is 141 Å². The van der Waals surface area contributed by atoms with Crippen LogP contribution in [0.1, 0.15) is 36.0 Å². The second-order valence-electron chi connectivity index (χ2n) is 7.24. The van der Waals surface area contributed by atoms with Gasteiger partial charge in [0.05, 0.1) is 18.6 Å². The van der Waals surface area contributed by atoms with Crippen molar-refractivity contribution in [3.8, 4) is 0 Å². The fourth-order valence-electron chi connectivity index (χ4n) is 4.38. The standard InChI is InChI=1S/C20H20N2O2/c23-18(19(7-8-19)16-5-3-10-21-12-16)22-11-9-20(14-22)17-6-2-1-4-15(17)13-24-20/h1-6,10,12H,7-9,11,13-14H2/t20-/m0/s1. The van der Waals surface area contributed by atoms with E-state index in [4.69, 9.17) is 4.74 Å². The van der Waals surface area contributed by atoms with Gasteiger partial charge >= 0.3 is 0 Å². The number of benzene rings is 1. The highest BCUT2D eigenvalue weighted by atomic mass is 16.5. The first-order valence-electron chi connectivity index (χ1n) is 8.66. The van der Waals surface area contributed by atoms with Gasteiger partial charge in [-0.1, -0.05) is 30.3 Å². The molecule has 0 N–H and O–H groups in total. The number of likely N-dealkylation sites (tertiary alicyclic amines) is 1. The van der Waals surface area contributed by atoms with E-state index >= 15 is 0 Å². The van der Waals surface area contributed by atoms with Crippen molar-refractivity contribution in [2.45, 2.75) is 36.9 Å². The molecule has 3 heterocycles. The SMILES string of the molecule is O=C(N1CC[C@@]2(C1)OCc1ccccc12)C1(c2cccnc2)CC1. The lowest BCUT2D eigenvalue weighted by Crippen LogP contribution is -2.40. The number of aromatic nitrogens is 1. The Hall–Kier alpha value is -2.20. The third kappa shape index (κ3) is 1.89. The molecule has 5 rings (SSSR count). The van der Waals surface area contributed by atoms with Crippen LogP contribution in [0, 0.1) is 0 Å². The number of hydrogen-bond donors (Lipinski definition) is 0. The summed E-state index contributed by atoms with van der Waals surface area (Å²) in [6.07, 6.45) is 6.35. The van der Waals surface area contributed by atoms with Crippen molar-refractivity contribution in [1.29, 1.82) is 0 Å². The van der Waals surface area contributed by atoms with Gasteiger partial charge in [0, 0.05) is 18.9 Å². The van der Waals surface area contributed by atoms with E-state index in [1.54, 1.807) is 6.20 Å². The molecule has 2 aliphatic heterocycles. The zero-order valence-corrected chi connectivity index (χ0v) is 13.6. The van der Waals surface area contributed by atoms with Gasteiger partial charge in [0.15, 0.2) is 0 Å². The molecule has 122 valence electrons. The number of amides is 1. The molecule has 2 fully saturated rings. The molecule has 1 aromatic carbocycles. The van der Waals surface area contributed by atoms with Crippen LogP contribution in [0.5, 0.6) is 0 Å². The van der Waals surface area contributed by atoms with Crippen LogP contribution in [0.3, 0.4) is 0 Å². The number of carbonyl (C=O) groups excluding carboxylic acids is 1. The molecule has 4 heteroatoms. The number of pyridine rings is 1. The van der Waals surface area contributed by atoms with Crippen molar-refractivity contribution in [2.75, 3.05) is 13.1 Å². The van der Waals surface area contributed by atoms with Gasteiger partial charge in [-0.15, -0.1) is 0 Å². The third-order valence-electron chi connectivity index (χ3n) is 5.90. The van der Waals surface area contributed by atoms with Crippen LogP contribution in [0.4, 0.5) is 0 Å². The van der Waals surface area contributed by atoms with Crippen molar-refractivity contribution < 1.29 is 9.53 Å². The highest BCUT2D eigenvalue weighted by molar-refractivity contribution is 5.91. The molecule has 1 amide bonds. The Bertz CT molecular complexity index is 800. The summed E-state index contributed by atoms with van der Waals surface area (Å²) in [5, 5.41) is 0. The number of hydrogen-bond acceptors (Lipinski definition) is 3. The highest BCUT2D eigenvalue weighted by Crippen LogP contribution is 2.51. The minimum Gasteiger partial charge on any atom is -0.364 e. The average molecular weight is 320 g/mol. The van der Waals surface area contributed by atoms with E-state index < -0.39 is 0 Å². The summed E-state index contributed by atoms with van der Waals surface area (Å²) < 4.78 is 6.18. The van der Waals surface area contributed by atoms with Crippen molar-refractivity contribution in [3.05, 3.63) is 65.5 Å². The van der Waals surface area contributed by atoms with Crippen LogP contribution < -0.4 is 0 Å². The molecule has 4 nitrogen and oxygen atoms in total. The Morgan fingerprint density at radius 1 is 1.12 bits per heavy atom. The number of nitrogens with zero attached hydrogens (tertiary/aromatic N) is 2. The van der Waals surface area contributed by atoms with Gasteiger partial charge in [0.1, 0.15) is 5.60 Å². The van der Waals surface area contributed by atoms with Gasteiger partial charge in [-0.3, -0.25) is 9.78 Å². The summed E-state index contributed by atoms with van der Waals surface area (Å²) in [6, 6.07) is 12.4. The molecule has 1 aliphatic carbocycles. The molecule has 3 aliphatic rings. The largest absolute Gasteiger partial charge is 0.364 e. The Morgan fingerprint density at radius 3 is 2.79 bits per heavy atom. The van der Waals surface area contributed by atoms with Gasteiger partial charge < -0.3 is 9.64 Å². The lowest BCUT2D eigenvalue weighted by Gasteiger charge is -2.27. The van der Waals surface area contributed by atoms with E-state index in [1.807, 2.05) is 23.2 Å². The van der Waals surface area contributed by atoms with Crippen molar-refractivity contribution in [3.63, 3.8) is 0 Å². The summed E-state index contributed by atoms with van der Waals surface area (Å²) in [4.78, 5) is 19.4. The Balaban J connectivity index is 1.42. The van der Waals surface area contributed by atoms with E-state index in [9.17, 15) is 4.79 Å². The zero-order valence-electron chi connectivity index (χ0n) is 13.6. The van der Waals surface area contributed by atoms with Crippen molar-refractivity contribution in [1.82, 2.24) is 9.88 Å². The predicted molar refractivity (Wildman–Crippen MR) is 89.3 cm³/mol. The monoisotopic (exact) mass is 320 g/mol. The summed E-state index contributed by atoms with van der Waals surface area (Å²) in [5.74, 6) is 0.250. The maximum absolute atomic E-state index is 13.2. The molecule has 0 radical (unpaired) electrons. The third-order valence-corrected chi connectivity index (χ3v) is 5.90. The molecule has 0 unspecified atom stereocenters. The molecular formula is C20H20N2O2. The van der Waals surface area contributed by atoms with Crippen LogP contribution in [0.2, 0.25) is 0 Å². The van der Waals surface area contributed by atoms with Crippen LogP contribution >= 0.6 is 0 Å². The molecule has 1 saturated carbocycles. The van der Waals surface area contributed by atoms with Gasteiger partial charge in [0.25, 0.3) is 0 Å². The van der Waals surface area contributed by atoms with Crippen LogP contribution in [0.15, 0.2) is 48.8 Å². The quantitative estimate of drug-likeness (QED) is 0.854. The molecule has 1 aromatic heterocycles. The molecule has 24 heavy (non-hydrogen) atoms. The average Bonchev–Trinajstić information content (AvgIpc) is 3.23. The summed E-state index contributed by atoms with van der Waals surface area (Å²) in [7, 11) is 0. The second-order valence-corrected chi connectivity index (χ2v) is 7.24. The van der Waals surface area contributed by atoms with E-state index in [0.717, 1.165) is 31.4 Å². The lowest BCUT2D eigenvalue weighted by atomic mass is 9.91. The zero-order chi connectivity index (χ0) is 16.2. The minimum atomic E-state index is -0.335. The first-order valence-corrected chi connectivity index (χ1v) is 8.66. The molecule has 1 saturated heterocycles. The van der Waals surface area contributed by atoms with Gasteiger partial charge in [-0.25, -0.2) is 0 Å². The maximum Gasteiger partial charge on any atom is 0.233 e. The number of rotatable bonds is 2. The van der Waals surface area contributed by atoms with E-state index in [-0.39, 0.29) is 16.9 Å². The van der Waals surface area contributed by atoms with E-state index in [2.05, 4.69) is 29.2 Å². The van der Waals surface area contributed by atoms with Crippen molar-refractivity contribution in [2.24, 2.45) is 0 Å². The molecule has 1 atom stereocenters. The number of carbonyl (C=O) groups is 1. The first-order chi connectivity index (χ1) is 11.7. The van der Waals surface area contributed by atoms with E-state index in [0.29, 0.717) is 13.2 Å². The van der Waals surface area contributed by atoms with Gasteiger partial charge in [0.2, 0.25) is 5.91 Å². The second kappa shape index (κ2) is 4.90. The summed E-state index contributed by atoms with van der Waals surface area (Å²) in [5.41, 5.74) is 2.96. The molecule has 0 bridgehead atoms. The lowest BCUT2D eigenvalue weighted by molar-refractivity contribution is -0.134. The highest BCUT2D eigenvalue weighted by Gasteiger charge is 2.56. The van der Waals surface area contributed by atoms with Crippen LogP contribution in [0.25, 0.3) is 0 Å². The fourth-order valence-corrected chi connectivity index (χ4v) is 4.38. The normalized spacial score (nSPS) is 26.6. The van der Waals surface area contributed by atoms with E-state index in [1.165, 1.54) is 11.1 Å². The van der Waals surface area contributed by atoms with Crippen molar-refractivity contribution >= 4 is 5.91 Å². The Morgan fingerprint density at radius 2 is 2.00 bits per heavy atom. The molecule has 2 aromatic rings. The molecule has 1 spiro atoms. The summed E-state index contributed by atoms with van der Waals surface area (Å²) >= 11 is 0. The maximum atomic E-state index is 13.2. The number of fused-ring (bicyclic) bond motifs is 2. The minimum absolute atomic E-state index is 0.250. The summed E-state index contributed by atoms with van der Waals surface area (Å²) in [6.45, 7) is 2.10. The smallest absolute Gasteiger partial charge is 0.233 e. The first kappa shape index (κ1) is 14.2.